The first-order valence-corrected chi connectivity index (χ1v) is 9.88. The van der Waals surface area contributed by atoms with E-state index >= 15 is 0 Å². The average Bonchev–Trinajstić information content (AvgIpc) is 2.89. The normalized spacial score (nSPS) is 21.1. The quantitative estimate of drug-likeness (QED) is 0.165. The minimum Gasteiger partial charge on any atom is -0.456 e. The Morgan fingerprint density at radius 3 is 2.00 bits per heavy atom. The highest BCUT2D eigenvalue weighted by Gasteiger charge is 2.58. The van der Waals surface area contributed by atoms with Crippen molar-refractivity contribution in [1.29, 1.82) is 0 Å². The molecule has 2 aliphatic rings. The number of esters is 1. The number of hydrogen-bond acceptors (Lipinski definition) is 5. The van der Waals surface area contributed by atoms with Crippen LogP contribution in [0.1, 0.15) is 34.6 Å². The molecule has 3 rings (SSSR count). The lowest BCUT2D eigenvalue weighted by Crippen LogP contribution is -2.69. The Kier molecular flexibility index (Phi) is 5.89. The molecule has 2 unspecified atom stereocenters. The highest BCUT2D eigenvalue weighted by atomic mass is 35.6. The molecule has 1 aromatic rings. The molecule has 0 radical (unpaired) electrons. The van der Waals surface area contributed by atoms with Gasteiger partial charge in [0.2, 0.25) is 3.79 Å². The van der Waals surface area contributed by atoms with Gasteiger partial charge in [0.25, 0.3) is 17.7 Å². The minimum atomic E-state index is -1.83. The molecule has 0 aliphatic carbocycles. The molecular formula is C18H14Cl4N2O5. The van der Waals surface area contributed by atoms with Gasteiger partial charge in [0, 0.05) is 0 Å². The fourth-order valence-corrected chi connectivity index (χ4v) is 3.71. The molecule has 11 heteroatoms. The number of fused-ring (bicyclic) bond motifs is 1. The second-order valence-electron chi connectivity index (χ2n) is 6.59. The van der Waals surface area contributed by atoms with Gasteiger partial charge in [0.05, 0.1) is 11.1 Å². The number of rotatable bonds is 4. The molecule has 2 heterocycles. The van der Waals surface area contributed by atoms with Crippen LogP contribution in [0, 0.1) is 0 Å². The molecule has 3 amide bonds. The van der Waals surface area contributed by atoms with Gasteiger partial charge in [-0.3, -0.25) is 24.2 Å². The molecule has 0 spiro atoms. The molecular weight excluding hydrogens is 466 g/mol. The number of alkyl halides is 4. The van der Waals surface area contributed by atoms with Gasteiger partial charge in [0.1, 0.15) is 17.8 Å². The van der Waals surface area contributed by atoms with Crippen LogP contribution >= 0.6 is 46.4 Å². The van der Waals surface area contributed by atoms with Crippen LogP contribution < -0.4 is 0 Å². The van der Waals surface area contributed by atoms with Crippen molar-refractivity contribution in [3.63, 3.8) is 0 Å². The molecule has 0 bridgehead atoms. The molecule has 0 aromatic heterocycles. The zero-order chi connectivity index (χ0) is 21.7. The predicted octanol–water partition coefficient (Wildman–Crippen LogP) is 3.27. The SMILES string of the molecule is CC(C)=C(C(=O)OCC(Cl)(Cl)Cl)N1C(=O)C(N2C(=O)c3ccccc3C2=O)C1Cl. The molecule has 1 aromatic carbocycles. The number of imide groups is 1. The van der Waals surface area contributed by atoms with E-state index in [0.717, 1.165) is 9.80 Å². The fraction of sp³-hybridized carbons (Fsp3) is 0.333. The predicted molar refractivity (Wildman–Crippen MR) is 107 cm³/mol. The topological polar surface area (TPSA) is 84.0 Å². The lowest BCUT2D eigenvalue weighted by Gasteiger charge is -2.46. The van der Waals surface area contributed by atoms with Gasteiger partial charge in [0.15, 0.2) is 6.04 Å². The smallest absolute Gasteiger partial charge is 0.355 e. The summed E-state index contributed by atoms with van der Waals surface area (Å²) in [6.07, 6.45) is 0. The van der Waals surface area contributed by atoms with E-state index in [1.807, 2.05) is 0 Å². The van der Waals surface area contributed by atoms with Gasteiger partial charge in [-0.1, -0.05) is 58.5 Å². The molecule has 2 atom stereocenters. The van der Waals surface area contributed by atoms with Crippen molar-refractivity contribution in [1.82, 2.24) is 9.80 Å². The maximum atomic E-state index is 12.8. The molecule has 7 nitrogen and oxygen atoms in total. The van der Waals surface area contributed by atoms with Crippen molar-refractivity contribution in [2.45, 2.75) is 29.2 Å². The highest BCUT2D eigenvalue weighted by molar-refractivity contribution is 6.67. The molecule has 1 saturated heterocycles. The number of ether oxygens (including phenoxy) is 1. The van der Waals surface area contributed by atoms with E-state index < -0.39 is 45.6 Å². The van der Waals surface area contributed by atoms with E-state index in [1.54, 1.807) is 26.0 Å². The zero-order valence-electron chi connectivity index (χ0n) is 15.1. The molecule has 29 heavy (non-hydrogen) atoms. The van der Waals surface area contributed by atoms with E-state index in [0.29, 0.717) is 5.57 Å². The third-order valence-corrected chi connectivity index (χ3v) is 5.14. The van der Waals surface area contributed by atoms with E-state index in [-0.39, 0.29) is 16.8 Å². The van der Waals surface area contributed by atoms with Crippen LogP contribution in [-0.2, 0) is 14.3 Å². The van der Waals surface area contributed by atoms with Crippen molar-refractivity contribution in [2.75, 3.05) is 6.61 Å². The summed E-state index contributed by atoms with van der Waals surface area (Å²) in [6, 6.07) is 4.97. The van der Waals surface area contributed by atoms with Crippen molar-refractivity contribution < 1.29 is 23.9 Å². The summed E-state index contributed by atoms with van der Waals surface area (Å²) in [5.41, 5.74) is -0.500. The number of β-lactam (4-membered cyclic amide) rings is 1. The largest absolute Gasteiger partial charge is 0.456 e. The zero-order valence-corrected chi connectivity index (χ0v) is 18.1. The Morgan fingerprint density at radius 1 is 1.07 bits per heavy atom. The summed E-state index contributed by atoms with van der Waals surface area (Å²) in [7, 11) is 0. The average molecular weight is 480 g/mol. The first-order valence-electron chi connectivity index (χ1n) is 8.31. The summed E-state index contributed by atoms with van der Waals surface area (Å²) in [4.78, 5) is 52.3. The van der Waals surface area contributed by atoms with Crippen molar-refractivity contribution in [2.24, 2.45) is 0 Å². The number of nitrogens with zero attached hydrogens (tertiary/aromatic N) is 2. The van der Waals surface area contributed by atoms with Gasteiger partial charge < -0.3 is 4.74 Å². The maximum Gasteiger partial charge on any atom is 0.355 e. The van der Waals surface area contributed by atoms with Gasteiger partial charge >= 0.3 is 5.97 Å². The van der Waals surface area contributed by atoms with Gasteiger partial charge in [-0.2, -0.15) is 0 Å². The van der Waals surface area contributed by atoms with Crippen LogP contribution in [0.2, 0.25) is 0 Å². The van der Waals surface area contributed by atoms with Crippen LogP contribution in [0.5, 0.6) is 0 Å². The Balaban J connectivity index is 1.83. The van der Waals surface area contributed by atoms with Gasteiger partial charge in [-0.05, 0) is 31.6 Å². The molecule has 1 fully saturated rings. The van der Waals surface area contributed by atoms with E-state index in [9.17, 15) is 19.2 Å². The van der Waals surface area contributed by atoms with Crippen LogP contribution in [0.4, 0.5) is 0 Å². The maximum absolute atomic E-state index is 12.8. The summed E-state index contributed by atoms with van der Waals surface area (Å²) in [5.74, 6) is -2.85. The summed E-state index contributed by atoms with van der Waals surface area (Å²) in [5, 5.41) is 0. The second-order valence-corrected chi connectivity index (χ2v) is 9.55. The third kappa shape index (κ3) is 3.84. The Bertz CT molecular complexity index is 917. The Hall–Kier alpha value is -1.80. The fourth-order valence-electron chi connectivity index (χ4n) is 3.13. The van der Waals surface area contributed by atoms with E-state index in [4.69, 9.17) is 51.1 Å². The van der Waals surface area contributed by atoms with E-state index in [1.165, 1.54) is 12.1 Å². The lowest BCUT2D eigenvalue weighted by atomic mass is 10.0. The first kappa shape index (κ1) is 21.9. The van der Waals surface area contributed by atoms with Crippen molar-refractivity contribution in [3.05, 3.63) is 46.7 Å². The molecule has 154 valence electrons. The standard InChI is InChI=1S/C18H14Cl4N2O5/c1-8(2)11(17(28)29-7-18(20,21)22)23-13(19)12(16(23)27)24-14(25)9-5-3-4-6-10(9)15(24)26/h3-6,12-13H,7H2,1-2H3. The minimum absolute atomic E-state index is 0.142. The van der Waals surface area contributed by atoms with Crippen molar-refractivity contribution >= 4 is 70.1 Å². The summed E-state index contributed by atoms with van der Waals surface area (Å²) < 4.78 is 3.12. The monoisotopic (exact) mass is 478 g/mol. The molecule has 2 aliphatic heterocycles. The highest BCUT2D eigenvalue weighted by Crippen LogP contribution is 2.38. The summed E-state index contributed by atoms with van der Waals surface area (Å²) in [6.45, 7) is 2.60. The van der Waals surface area contributed by atoms with Crippen LogP contribution in [0.15, 0.2) is 35.5 Å². The number of benzene rings is 1. The number of likely N-dealkylation sites (tertiary alicyclic amines) is 1. The number of halogens is 4. The van der Waals surface area contributed by atoms with E-state index in [2.05, 4.69) is 0 Å². The van der Waals surface area contributed by atoms with Crippen LogP contribution in [-0.4, -0.2) is 55.4 Å². The molecule has 0 saturated carbocycles. The van der Waals surface area contributed by atoms with Crippen LogP contribution in [0.3, 0.4) is 0 Å². The first-order chi connectivity index (χ1) is 13.5. The third-order valence-electron chi connectivity index (χ3n) is 4.38. The number of allylic oxidation sites excluding steroid dienone is 1. The van der Waals surface area contributed by atoms with Crippen molar-refractivity contribution in [3.8, 4) is 0 Å². The number of carbonyl (C=O) groups excluding carboxylic acids is 4. The number of amides is 3. The second kappa shape index (κ2) is 7.80. The summed E-state index contributed by atoms with van der Waals surface area (Å²) >= 11 is 23.1. The van der Waals surface area contributed by atoms with Gasteiger partial charge in [-0.25, -0.2) is 4.79 Å². The molecule has 0 N–H and O–H groups in total. The lowest BCUT2D eigenvalue weighted by molar-refractivity contribution is -0.154. The van der Waals surface area contributed by atoms with Gasteiger partial charge in [-0.15, -0.1) is 0 Å². The Labute approximate surface area is 186 Å². The number of hydrogen-bond donors (Lipinski definition) is 0. The number of carbonyl (C=O) groups is 4. The van der Waals surface area contributed by atoms with Crippen LogP contribution in [0.25, 0.3) is 0 Å². The Morgan fingerprint density at radius 2 is 1.59 bits per heavy atom.